The van der Waals surface area contributed by atoms with Crippen LogP contribution in [0.1, 0.15) is 44.7 Å². The largest absolute Gasteiger partial charge is 0.271 e. The average Bonchev–Trinajstić information content (AvgIpc) is 2.32. The molecule has 2 nitrogen and oxygen atoms in total. The number of hydrogen-bond acceptors (Lipinski definition) is 2. The molecule has 16 heavy (non-hydrogen) atoms. The quantitative estimate of drug-likeness (QED) is 0.616. The molecule has 1 aromatic rings. The molecule has 0 spiro atoms. The minimum Gasteiger partial charge on any atom is -0.271 e. The Morgan fingerprint density at radius 3 is 2.38 bits per heavy atom. The van der Waals surface area contributed by atoms with Gasteiger partial charge in [0.15, 0.2) is 0 Å². The number of nitrogens with two attached hydrogens (primary N) is 1. The van der Waals surface area contributed by atoms with Crippen LogP contribution in [0.15, 0.2) is 28.7 Å². The van der Waals surface area contributed by atoms with Crippen molar-refractivity contribution >= 4 is 15.9 Å². The smallest absolute Gasteiger partial charge is 0.0473 e. The SMILES string of the molecule is CCC(CC)CC(NN)c1ccccc1Br. The minimum atomic E-state index is 0.237. The summed E-state index contributed by atoms with van der Waals surface area (Å²) in [6.45, 7) is 4.48. The zero-order valence-corrected chi connectivity index (χ0v) is 11.6. The second kappa shape index (κ2) is 7.05. The van der Waals surface area contributed by atoms with Crippen molar-refractivity contribution in [2.75, 3.05) is 0 Å². The fraction of sp³-hybridized carbons (Fsp3) is 0.538. The number of hydrogen-bond donors (Lipinski definition) is 2. The van der Waals surface area contributed by atoms with Gasteiger partial charge in [-0.25, -0.2) is 0 Å². The van der Waals surface area contributed by atoms with E-state index in [1.54, 1.807) is 0 Å². The summed E-state index contributed by atoms with van der Waals surface area (Å²) in [4.78, 5) is 0. The Hall–Kier alpha value is -0.380. The first-order valence-corrected chi connectivity index (χ1v) is 6.72. The van der Waals surface area contributed by atoms with Crippen LogP contribution in [-0.4, -0.2) is 0 Å². The van der Waals surface area contributed by atoms with Crippen LogP contribution in [0.5, 0.6) is 0 Å². The maximum absolute atomic E-state index is 5.66. The van der Waals surface area contributed by atoms with Crippen LogP contribution in [0.4, 0.5) is 0 Å². The Kier molecular flexibility index (Phi) is 6.03. The van der Waals surface area contributed by atoms with Gasteiger partial charge in [-0.1, -0.05) is 60.8 Å². The molecule has 0 bridgehead atoms. The highest BCUT2D eigenvalue weighted by Crippen LogP contribution is 2.29. The summed E-state index contributed by atoms with van der Waals surface area (Å²) in [6.07, 6.45) is 3.50. The number of hydrazine groups is 1. The first-order valence-electron chi connectivity index (χ1n) is 5.93. The second-order valence-corrected chi connectivity index (χ2v) is 5.01. The molecule has 3 heteroatoms. The van der Waals surface area contributed by atoms with E-state index < -0.39 is 0 Å². The van der Waals surface area contributed by atoms with Gasteiger partial charge >= 0.3 is 0 Å². The lowest BCUT2D eigenvalue weighted by Gasteiger charge is -2.22. The molecular weight excluding hydrogens is 264 g/mol. The van der Waals surface area contributed by atoms with Crippen molar-refractivity contribution in [1.82, 2.24) is 5.43 Å². The van der Waals surface area contributed by atoms with Crippen LogP contribution in [0.2, 0.25) is 0 Å². The molecule has 1 rings (SSSR count). The maximum Gasteiger partial charge on any atom is 0.0473 e. The average molecular weight is 285 g/mol. The Bertz CT molecular complexity index is 311. The van der Waals surface area contributed by atoms with Gasteiger partial charge in [0.25, 0.3) is 0 Å². The molecule has 90 valence electrons. The van der Waals surface area contributed by atoms with Crippen molar-refractivity contribution in [2.24, 2.45) is 11.8 Å². The summed E-state index contributed by atoms with van der Waals surface area (Å²) in [7, 11) is 0. The highest BCUT2D eigenvalue weighted by atomic mass is 79.9. The van der Waals surface area contributed by atoms with Crippen LogP contribution >= 0.6 is 15.9 Å². The van der Waals surface area contributed by atoms with Crippen LogP contribution in [0, 0.1) is 5.92 Å². The molecule has 0 saturated heterocycles. The molecule has 0 fully saturated rings. The third-order valence-corrected chi connectivity index (χ3v) is 3.93. The van der Waals surface area contributed by atoms with E-state index in [4.69, 9.17) is 5.84 Å². The molecule has 0 heterocycles. The number of halogens is 1. The number of nitrogens with one attached hydrogen (secondary N) is 1. The zero-order valence-electron chi connectivity index (χ0n) is 10.0. The first kappa shape index (κ1) is 13.7. The summed E-state index contributed by atoms with van der Waals surface area (Å²) in [5.74, 6) is 6.39. The predicted octanol–water partition coefficient (Wildman–Crippen LogP) is 3.78. The van der Waals surface area contributed by atoms with Gasteiger partial charge in [-0.3, -0.25) is 11.3 Å². The third-order valence-electron chi connectivity index (χ3n) is 3.21. The minimum absolute atomic E-state index is 0.237. The van der Waals surface area contributed by atoms with Gasteiger partial charge in [0.2, 0.25) is 0 Å². The van der Waals surface area contributed by atoms with Crippen molar-refractivity contribution in [3.63, 3.8) is 0 Å². The fourth-order valence-corrected chi connectivity index (χ4v) is 2.56. The topological polar surface area (TPSA) is 38.0 Å². The van der Waals surface area contributed by atoms with Gasteiger partial charge in [0, 0.05) is 10.5 Å². The van der Waals surface area contributed by atoms with Crippen LogP contribution in [-0.2, 0) is 0 Å². The van der Waals surface area contributed by atoms with E-state index in [1.807, 2.05) is 6.07 Å². The van der Waals surface area contributed by atoms with Crippen molar-refractivity contribution < 1.29 is 0 Å². The fourth-order valence-electron chi connectivity index (χ4n) is 2.00. The van der Waals surface area contributed by atoms with Gasteiger partial charge in [0.1, 0.15) is 0 Å². The van der Waals surface area contributed by atoms with E-state index in [0.717, 1.165) is 16.8 Å². The maximum atomic E-state index is 5.66. The van der Waals surface area contributed by atoms with E-state index in [-0.39, 0.29) is 6.04 Å². The second-order valence-electron chi connectivity index (χ2n) is 4.16. The molecule has 0 aliphatic heterocycles. The molecule has 1 unspecified atom stereocenters. The summed E-state index contributed by atoms with van der Waals surface area (Å²) in [5, 5.41) is 0. The molecule has 0 aliphatic carbocycles. The monoisotopic (exact) mass is 284 g/mol. The highest BCUT2D eigenvalue weighted by Gasteiger charge is 2.16. The first-order chi connectivity index (χ1) is 7.72. The standard InChI is InChI=1S/C13H21BrN2/c1-3-10(4-2)9-13(16-15)11-7-5-6-8-12(11)14/h5-8,10,13,16H,3-4,9,15H2,1-2H3. The predicted molar refractivity (Wildman–Crippen MR) is 72.9 cm³/mol. The molecule has 1 aromatic carbocycles. The van der Waals surface area contributed by atoms with Crippen molar-refractivity contribution in [3.05, 3.63) is 34.3 Å². The van der Waals surface area contributed by atoms with Gasteiger partial charge in [0.05, 0.1) is 0 Å². The van der Waals surface area contributed by atoms with Crippen molar-refractivity contribution in [3.8, 4) is 0 Å². The molecule has 3 N–H and O–H groups in total. The normalized spacial score (nSPS) is 13.1. The molecule has 0 radical (unpaired) electrons. The van der Waals surface area contributed by atoms with Crippen molar-refractivity contribution in [1.29, 1.82) is 0 Å². The zero-order chi connectivity index (χ0) is 12.0. The van der Waals surface area contributed by atoms with Gasteiger partial charge in [-0.2, -0.15) is 0 Å². The molecule has 0 aliphatic rings. The Morgan fingerprint density at radius 2 is 1.88 bits per heavy atom. The van der Waals surface area contributed by atoms with Gasteiger partial charge in [-0.05, 0) is 24.0 Å². The molecular formula is C13H21BrN2. The van der Waals surface area contributed by atoms with Crippen molar-refractivity contribution in [2.45, 2.75) is 39.2 Å². The van der Waals surface area contributed by atoms with E-state index >= 15 is 0 Å². The lowest BCUT2D eigenvalue weighted by atomic mass is 9.91. The Labute approximate surface area is 107 Å². The Morgan fingerprint density at radius 1 is 1.25 bits per heavy atom. The van der Waals surface area contributed by atoms with E-state index in [2.05, 4.69) is 53.4 Å². The molecule has 0 saturated carbocycles. The Balaban J connectivity index is 2.78. The van der Waals surface area contributed by atoms with E-state index in [9.17, 15) is 0 Å². The van der Waals surface area contributed by atoms with E-state index in [1.165, 1.54) is 18.4 Å². The lowest BCUT2D eigenvalue weighted by Crippen LogP contribution is -2.29. The van der Waals surface area contributed by atoms with Crippen LogP contribution in [0.3, 0.4) is 0 Å². The number of benzene rings is 1. The third kappa shape index (κ3) is 3.58. The van der Waals surface area contributed by atoms with E-state index in [0.29, 0.717) is 0 Å². The summed E-state index contributed by atoms with van der Waals surface area (Å²) in [6, 6.07) is 8.50. The summed E-state index contributed by atoms with van der Waals surface area (Å²) >= 11 is 3.58. The van der Waals surface area contributed by atoms with Crippen LogP contribution in [0.25, 0.3) is 0 Å². The van der Waals surface area contributed by atoms with Gasteiger partial charge < -0.3 is 0 Å². The summed E-state index contributed by atoms with van der Waals surface area (Å²) in [5.41, 5.74) is 4.18. The molecule has 0 amide bonds. The number of rotatable bonds is 6. The summed E-state index contributed by atoms with van der Waals surface area (Å²) < 4.78 is 1.13. The van der Waals surface area contributed by atoms with Crippen LogP contribution < -0.4 is 11.3 Å². The molecule has 0 aromatic heterocycles. The van der Waals surface area contributed by atoms with Gasteiger partial charge in [-0.15, -0.1) is 0 Å². The molecule has 1 atom stereocenters. The highest BCUT2D eigenvalue weighted by molar-refractivity contribution is 9.10. The lowest BCUT2D eigenvalue weighted by molar-refractivity contribution is 0.374.